The molecule has 4 rings (SSSR count). The zero-order chi connectivity index (χ0) is 31.7. The van der Waals surface area contributed by atoms with Crippen molar-refractivity contribution in [3.63, 3.8) is 0 Å². The van der Waals surface area contributed by atoms with Gasteiger partial charge in [0, 0.05) is 5.92 Å². The van der Waals surface area contributed by atoms with Crippen LogP contribution in [0.2, 0.25) is 0 Å². The molecule has 5 nitrogen and oxygen atoms in total. The van der Waals surface area contributed by atoms with Gasteiger partial charge < -0.3 is 10.1 Å². The average Bonchev–Trinajstić information content (AvgIpc) is 2.99. The highest BCUT2D eigenvalue weighted by molar-refractivity contribution is 7.94. The Bertz CT molecular complexity index is 1200. The minimum absolute atomic E-state index is 0.220. The number of methoxy groups -OCH3 is 1. The first kappa shape index (κ1) is 37.3. The molecule has 0 spiro atoms. The number of alkyl halides is 3. The van der Waals surface area contributed by atoms with Crippen molar-refractivity contribution < 1.29 is 31.9 Å². The first-order valence-corrected chi connectivity index (χ1v) is 14.6. The molecule has 2 aliphatic carbocycles. The average molecular weight is 629 g/mol. The first-order chi connectivity index (χ1) is 20.1. The Morgan fingerprint density at radius 1 is 1.07 bits per heavy atom. The van der Waals surface area contributed by atoms with E-state index < -0.39 is 17.6 Å². The number of allylic oxidation sites excluding steroid dienone is 4. The standard InChI is InChI=1S/C27H27F4NO2.C2H6.CH5NS.CH2OS/c1-34-23-7-3-5-20(15-23)18-10-8-17(9-11-18)19-4-2-6-21(14-19)26(33)32-25-13-12-22(16-24(25)28)27(29,30)31;1-2;1-2-3;2-1-3/h3,5,7-8,10,12-13,15-16,19,21H,2,4,6,9,11,14H2,1H3,(H,32,33);1-2H3;2-3H,1H3;1H,(H,2,3). The number of anilines is 1. The van der Waals surface area contributed by atoms with Crippen LogP contribution in [0, 0.1) is 17.7 Å². The molecule has 232 valence electrons. The lowest BCUT2D eigenvalue weighted by atomic mass is 9.74. The number of carbonyl (C=O) groups is 2. The van der Waals surface area contributed by atoms with Gasteiger partial charge in [0.2, 0.25) is 5.91 Å². The number of benzene rings is 2. The summed E-state index contributed by atoms with van der Waals surface area (Å²) in [6.07, 6.45) is 4.68. The summed E-state index contributed by atoms with van der Waals surface area (Å²) < 4.78 is 60.2. The molecule has 0 saturated heterocycles. The van der Waals surface area contributed by atoms with Crippen LogP contribution in [-0.4, -0.2) is 25.7 Å². The van der Waals surface area contributed by atoms with Crippen LogP contribution in [0.1, 0.15) is 63.5 Å². The van der Waals surface area contributed by atoms with Gasteiger partial charge in [-0.15, -0.1) is 12.6 Å². The molecule has 1 saturated carbocycles. The highest BCUT2D eigenvalue weighted by Crippen LogP contribution is 2.40. The third kappa shape index (κ3) is 11.9. The second-order valence-electron chi connectivity index (χ2n) is 9.24. The molecule has 2 aromatic rings. The number of hydrogen-bond acceptors (Lipinski definition) is 5. The normalized spacial score (nSPS) is 17.8. The molecule has 2 aliphatic rings. The lowest BCUT2D eigenvalue weighted by Crippen LogP contribution is -2.29. The van der Waals surface area contributed by atoms with Gasteiger partial charge in [-0.25, -0.2) is 4.39 Å². The topological polar surface area (TPSA) is 67.4 Å². The van der Waals surface area contributed by atoms with Gasteiger partial charge in [0.15, 0.2) is 5.62 Å². The molecule has 2 N–H and O–H groups in total. The van der Waals surface area contributed by atoms with Crippen molar-refractivity contribution >= 4 is 48.2 Å². The summed E-state index contributed by atoms with van der Waals surface area (Å²) in [4.78, 5) is 21.5. The molecule has 2 unspecified atom stereocenters. The van der Waals surface area contributed by atoms with Crippen LogP contribution in [0.25, 0.3) is 5.57 Å². The number of amides is 1. The van der Waals surface area contributed by atoms with Gasteiger partial charge in [0.1, 0.15) is 11.6 Å². The van der Waals surface area contributed by atoms with Crippen molar-refractivity contribution in [2.75, 3.05) is 19.5 Å². The summed E-state index contributed by atoms with van der Waals surface area (Å²) in [6, 6.07) is 10.1. The van der Waals surface area contributed by atoms with Crippen LogP contribution in [0.5, 0.6) is 5.75 Å². The summed E-state index contributed by atoms with van der Waals surface area (Å²) in [5.41, 5.74) is 2.83. The number of halogens is 4. The Labute approximate surface area is 257 Å². The molecule has 1 fully saturated rings. The van der Waals surface area contributed by atoms with Gasteiger partial charge in [-0.2, -0.15) is 13.2 Å². The number of rotatable bonds is 5. The predicted molar refractivity (Wildman–Crippen MR) is 169 cm³/mol. The third-order valence-electron chi connectivity index (χ3n) is 6.75. The summed E-state index contributed by atoms with van der Waals surface area (Å²) in [6.45, 7) is 4.00. The molecule has 0 bridgehead atoms. The fourth-order valence-electron chi connectivity index (χ4n) is 4.85. The lowest BCUT2D eigenvalue weighted by Gasteiger charge is -2.31. The minimum atomic E-state index is -4.63. The van der Waals surface area contributed by atoms with E-state index in [2.05, 4.69) is 53.7 Å². The second kappa shape index (κ2) is 19.4. The zero-order valence-electron chi connectivity index (χ0n) is 24.3. The molecule has 0 radical (unpaired) electrons. The van der Waals surface area contributed by atoms with Crippen molar-refractivity contribution in [1.29, 1.82) is 0 Å². The van der Waals surface area contributed by atoms with Crippen molar-refractivity contribution in [2.24, 2.45) is 11.8 Å². The van der Waals surface area contributed by atoms with E-state index in [1.807, 2.05) is 32.0 Å². The second-order valence-corrected chi connectivity index (χ2v) is 9.89. The van der Waals surface area contributed by atoms with Crippen LogP contribution in [0.3, 0.4) is 0 Å². The quantitative estimate of drug-likeness (QED) is 0.152. The number of hydrogen-bond donors (Lipinski definition) is 4. The summed E-state index contributed by atoms with van der Waals surface area (Å²) in [5, 5.41) is 2.50. The van der Waals surface area contributed by atoms with E-state index in [9.17, 15) is 22.4 Å². The van der Waals surface area contributed by atoms with Gasteiger partial charge in [-0.3, -0.25) is 14.3 Å². The number of carbonyl (C=O) groups excluding carboxylic acids is 2. The first-order valence-electron chi connectivity index (χ1n) is 13.7. The van der Waals surface area contributed by atoms with Crippen LogP contribution in [0.4, 0.5) is 23.2 Å². The fourth-order valence-corrected chi connectivity index (χ4v) is 4.85. The number of thiol groups is 2. The Hall–Kier alpha value is -2.76. The highest BCUT2D eigenvalue weighted by Gasteiger charge is 2.32. The minimum Gasteiger partial charge on any atom is -0.497 e. The summed E-state index contributed by atoms with van der Waals surface area (Å²) in [5.74, 6) is -0.637. The Balaban J connectivity index is 0.000000998. The zero-order valence-corrected chi connectivity index (χ0v) is 26.1. The van der Waals surface area contributed by atoms with E-state index in [0.29, 0.717) is 24.5 Å². The SMILES string of the molecule is CC.CNS.COc1cccc(C2=CC=C(C3CCCC(C(=O)Nc4ccc(C(F)(F)F)cc4F)C3)CC2)c1.O=CS. The molecule has 0 aliphatic heterocycles. The molecule has 0 heterocycles. The Morgan fingerprint density at radius 2 is 1.74 bits per heavy atom. The van der Waals surface area contributed by atoms with Crippen molar-refractivity contribution in [3.05, 3.63) is 77.1 Å². The lowest BCUT2D eigenvalue weighted by molar-refractivity contribution is -0.137. The van der Waals surface area contributed by atoms with E-state index in [-0.39, 0.29) is 23.4 Å². The molecule has 0 aromatic heterocycles. The molecule has 1 amide bonds. The van der Waals surface area contributed by atoms with Gasteiger partial charge in [-0.1, -0.05) is 62.9 Å². The molecule has 2 aromatic carbocycles. The van der Waals surface area contributed by atoms with E-state index in [0.717, 1.165) is 49.1 Å². The Morgan fingerprint density at radius 3 is 2.29 bits per heavy atom. The summed E-state index contributed by atoms with van der Waals surface area (Å²) in [7, 11) is 3.39. The van der Waals surface area contributed by atoms with Crippen LogP contribution >= 0.6 is 25.4 Å². The maximum Gasteiger partial charge on any atom is 0.416 e. The smallest absolute Gasteiger partial charge is 0.416 e. The molecular formula is C31H40F4N2O3S2. The van der Waals surface area contributed by atoms with Gasteiger partial charge in [0.25, 0.3) is 0 Å². The fraction of sp³-hybridized carbons (Fsp3) is 0.419. The molecular weight excluding hydrogens is 588 g/mol. The van der Waals surface area contributed by atoms with Crippen molar-refractivity contribution in [1.82, 2.24) is 4.72 Å². The van der Waals surface area contributed by atoms with Gasteiger partial charge in [-0.05, 0) is 86.5 Å². The van der Waals surface area contributed by atoms with E-state index in [1.54, 1.807) is 14.2 Å². The van der Waals surface area contributed by atoms with Gasteiger partial charge >= 0.3 is 6.18 Å². The maximum atomic E-state index is 14.2. The van der Waals surface area contributed by atoms with E-state index >= 15 is 0 Å². The summed E-state index contributed by atoms with van der Waals surface area (Å²) >= 11 is 6.65. The molecule has 42 heavy (non-hydrogen) atoms. The number of ether oxygens (including phenoxy) is 1. The van der Waals surface area contributed by atoms with Crippen molar-refractivity contribution in [3.8, 4) is 5.75 Å². The molecule has 11 heteroatoms. The highest BCUT2D eigenvalue weighted by atomic mass is 32.1. The monoisotopic (exact) mass is 628 g/mol. The van der Waals surface area contributed by atoms with Crippen LogP contribution < -0.4 is 14.8 Å². The third-order valence-corrected chi connectivity index (χ3v) is 6.75. The number of nitrogens with one attached hydrogen (secondary N) is 2. The molecule has 2 atom stereocenters. The van der Waals surface area contributed by atoms with Crippen molar-refractivity contribution in [2.45, 2.75) is 58.5 Å². The van der Waals surface area contributed by atoms with Crippen LogP contribution in [0.15, 0.2) is 60.2 Å². The predicted octanol–water partition coefficient (Wildman–Crippen LogP) is 8.59. The van der Waals surface area contributed by atoms with E-state index in [1.165, 1.54) is 11.1 Å². The largest absolute Gasteiger partial charge is 0.497 e. The van der Waals surface area contributed by atoms with E-state index in [4.69, 9.17) is 9.53 Å². The van der Waals surface area contributed by atoms with Crippen LogP contribution in [-0.2, 0) is 15.8 Å². The maximum absolute atomic E-state index is 14.2. The Kier molecular flexibility index (Phi) is 17.2. The van der Waals surface area contributed by atoms with Gasteiger partial charge in [0.05, 0.1) is 18.4 Å².